The van der Waals surface area contributed by atoms with Crippen molar-refractivity contribution in [3.05, 3.63) is 12.2 Å². The number of halogens is 1. The van der Waals surface area contributed by atoms with Crippen molar-refractivity contribution in [3.63, 3.8) is 0 Å². The molecule has 0 aliphatic heterocycles. The van der Waals surface area contributed by atoms with Crippen LogP contribution in [-0.2, 0) is 4.52 Å². The van der Waals surface area contributed by atoms with Gasteiger partial charge in [-0.3, -0.25) is 0 Å². The Bertz CT molecular complexity index is 235. The highest BCUT2D eigenvalue weighted by atomic mass is 31.0. The van der Waals surface area contributed by atoms with Gasteiger partial charge in [0.1, 0.15) is 6.17 Å². The zero-order valence-electron chi connectivity index (χ0n) is 10.5. The molecular weight excluding hydrogens is 238 g/mol. The summed E-state index contributed by atoms with van der Waals surface area (Å²) in [5, 5.41) is 9.24. The molecule has 0 heterocycles. The Morgan fingerprint density at radius 3 is 2.65 bits per heavy atom. The minimum atomic E-state index is -0.921. The van der Waals surface area contributed by atoms with Crippen LogP contribution in [0.3, 0.4) is 0 Å². The van der Waals surface area contributed by atoms with Crippen LogP contribution in [0.4, 0.5) is 4.39 Å². The fourth-order valence-corrected chi connectivity index (χ4v) is 2.93. The topological polar surface area (TPSA) is 29.5 Å². The van der Waals surface area contributed by atoms with Gasteiger partial charge in [0.05, 0.1) is 6.10 Å². The maximum absolute atomic E-state index is 13.6. The average molecular weight is 262 g/mol. The monoisotopic (exact) mass is 262 g/mol. The fraction of sp³-hybridized carbons (Fsp3) is 0.846. The second-order valence-corrected chi connectivity index (χ2v) is 5.05. The normalized spacial score (nSPS) is 33.6. The van der Waals surface area contributed by atoms with E-state index in [2.05, 4.69) is 28.5 Å². The first kappa shape index (κ1) is 15.1. The minimum absolute atomic E-state index is 0.0632. The maximum atomic E-state index is 13.6. The zero-order valence-corrected chi connectivity index (χ0v) is 11.7. The first-order chi connectivity index (χ1) is 8.24. The highest BCUT2D eigenvalue weighted by Gasteiger charge is 2.42. The lowest BCUT2D eigenvalue weighted by Crippen LogP contribution is -2.24. The molecule has 1 rings (SSSR count). The molecule has 1 saturated carbocycles. The molecule has 3 unspecified atom stereocenters. The molecular formula is C13H24FO2P. The number of unbranched alkanes of at least 4 members (excludes halogenated alkanes) is 1. The average Bonchev–Trinajstić information content (AvgIpc) is 2.64. The second kappa shape index (κ2) is 8.18. The van der Waals surface area contributed by atoms with E-state index in [0.717, 1.165) is 25.7 Å². The lowest BCUT2D eigenvalue weighted by Gasteiger charge is -2.22. The molecule has 100 valence electrons. The lowest BCUT2D eigenvalue weighted by molar-refractivity contribution is 0.108. The van der Waals surface area contributed by atoms with Crippen LogP contribution >= 0.6 is 9.47 Å². The number of allylic oxidation sites excluding steroid dienone is 2. The summed E-state index contributed by atoms with van der Waals surface area (Å²) in [5.41, 5.74) is 0. The molecule has 1 N–H and O–H groups in total. The second-order valence-electron chi connectivity index (χ2n) is 4.77. The molecule has 1 fully saturated rings. The Kier molecular flexibility index (Phi) is 7.26. The summed E-state index contributed by atoms with van der Waals surface area (Å²) in [6, 6.07) is 0. The summed E-state index contributed by atoms with van der Waals surface area (Å²) in [4.78, 5) is 0. The van der Waals surface area contributed by atoms with Crippen LogP contribution in [0.25, 0.3) is 0 Å². The van der Waals surface area contributed by atoms with Crippen LogP contribution in [-0.4, -0.2) is 24.0 Å². The van der Waals surface area contributed by atoms with Gasteiger partial charge in [0.15, 0.2) is 0 Å². The van der Waals surface area contributed by atoms with E-state index in [-0.39, 0.29) is 24.5 Å². The number of hydrogen-bond acceptors (Lipinski definition) is 2. The largest absolute Gasteiger partial charge is 0.396 e. The van der Waals surface area contributed by atoms with Crippen molar-refractivity contribution >= 4 is 9.47 Å². The quantitative estimate of drug-likeness (QED) is 0.563. The van der Waals surface area contributed by atoms with E-state index in [1.165, 1.54) is 0 Å². The van der Waals surface area contributed by atoms with Crippen molar-refractivity contribution < 1.29 is 14.0 Å². The van der Waals surface area contributed by atoms with Crippen LogP contribution in [0.15, 0.2) is 12.2 Å². The van der Waals surface area contributed by atoms with E-state index in [0.29, 0.717) is 6.42 Å². The molecule has 0 aromatic rings. The van der Waals surface area contributed by atoms with Crippen molar-refractivity contribution in [1.29, 1.82) is 0 Å². The molecule has 4 heteroatoms. The third kappa shape index (κ3) is 4.31. The van der Waals surface area contributed by atoms with Gasteiger partial charge in [-0.15, -0.1) is 0 Å². The SMILES string of the molecule is CCC/C=C\CC[C@H]1C(OP)CC(F)[C@@H]1CO. The lowest BCUT2D eigenvalue weighted by atomic mass is 9.90. The predicted molar refractivity (Wildman–Crippen MR) is 71.4 cm³/mol. The molecule has 1 aliphatic carbocycles. The number of rotatable bonds is 7. The van der Waals surface area contributed by atoms with Crippen molar-refractivity contribution in [3.8, 4) is 0 Å². The number of aliphatic hydroxyl groups excluding tert-OH is 1. The third-order valence-electron chi connectivity index (χ3n) is 3.62. The Hall–Kier alpha value is 0.0200. The third-order valence-corrected chi connectivity index (χ3v) is 3.97. The Labute approximate surface area is 106 Å². The molecule has 0 spiro atoms. The minimum Gasteiger partial charge on any atom is -0.396 e. The standard InChI is InChI=1S/C13H24FO2P/c1-2-3-4-5-6-7-10-11(9-15)12(14)8-13(10)16-17/h4-5,10-13,15H,2-3,6-9,17H2,1H3/b5-4-/t10-,11-,12?,13?/m1/s1. The van der Waals surface area contributed by atoms with Crippen molar-refractivity contribution in [2.75, 3.05) is 6.61 Å². The van der Waals surface area contributed by atoms with E-state index in [9.17, 15) is 9.50 Å². The smallest absolute Gasteiger partial charge is 0.108 e. The maximum Gasteiger partial charge on any atom is 0.108 e. The first-order valence-electron chi connectivity index (χ1n) is 6.50. The highest BCUT2D eigenvalue weighted by Crippen LogP contribution is 2.39. The van der Waals surface area contributed by atoms with Crippen LogP contribution in [0.1, 0.15) is 39.0 Å². The van der Waals surface area contributed by atoms with E-state index in [1.54, 1.807) is 0 Å². The van der Waals surface area contributed by atoms with Gasteiger partial charge in [-0.1, -0.05) is 25.5 Å². The Balaban J connectivity index is 2.42. The summed E-state index contributed by atoms with van der Waals surface area (Å²) in [6.45, 7) is 2.07. The first-order valence-corrected chi connectivity index (χ1v) is 6.97. The van der Waals surface area contributed by atoms with Gasteiger partial charge in [-0.05, 0) is 25.2 Å². The van der Waals surface area contributed by atoms with Gasteiger partial charge < -0.3 is 9.63 Å². The van der Waals surface area contributed by atoms with Gasteiger partial charge in [-0.25, -0.2) is 4.39 Å². The Morgan fingerprint density at radius 1 is 1.35 bits per heavy atom. The molecule has 0 saturated heterocycles. The predicted octanol–water partition coefficient (Wildman–Crippen LogP) is 3.26. The highest BCUT2D eigenvalue weighted by molar-refractivity contribution is 7.09. The van der Waals surface area contributed by atoms with E-state index in [4.69, 9.17) is 4.52 Å². The van der Waals surface area contributed by atoms with Gasteiger partial charge in [0.25, 0.3) is 0 Å². The van der Waals surface area contributed by atoms with Crippen molar-refractivity contribution in [2.24, 2.45) is 11.8 Å². The number of alkyl halides is 1. The van der Waals surface area contributed by atoms with Crippen LogP contribution in [0, 0.1) is 11.8 Å². The molecule has 17 heavy (non-hydrogen) atoms. The Morgan fingerprint density at radius 2 is 2.06 bits per heavy atom. The molecule has 0 aromatic heterocycles. The van der Waals surface area contributed by atoms with E-state index in [1.807, 2.05) is 0 Å². The molecule has 0 radical (unpaired) electrons. The van der Waals surface area contributed by atoms with Gasteiger partial charge >= 0.3 is 0 Å². The van der Waals surface area contributed by atoms with Gasteiger partial charge in [-0.2, -0.15) is 0 Å². The fourth-order valence-electron chi connectivity index (χ4n) is 2.61. The van der Waals surface area contributed by atoms with Crippen LogP contribution < -0.4 is 0 Å². The number of hydrogen-bond donors (Lipinski definition) is 1. The van der Waals surface area contributed by atoms with Crippen molar-refractivity contribution in [1.82, 2.24) is 0 Å². The molecule has 0 aromatic carbocycles. The molecule has 2 nitrogen and oxygen atoms in total. The number of aliphatic hydroxyl groups is 1. The molecule has 0 amide bonds. The zero-order chi connectivity index (χ0) is 12.7. The molecule has 5 atom stereocenters. The van der Waals surface area contributed by atoms with Crippen LogP contribution in [0.5, 0.6) is 0 Å². The van der Waals surface area contributed by atoms with Crippen molar-refractivity contribution in [2.45, 2.75) is 51.3 Å². The van der Waals surface area contributed by atoms with E-state index >= 15 is 0 Å². The summed E-state index contributed by atoms with van der Waals surface area (Å²) in [5.74, 6) is -0.112. The molecule has 0 bridgehead atoms. The summed E-state index contributed by atoms with van der Waals surface area (Å²) >= 11 is 0. The summed E-state index contributed by atoms with van der Waals surface area (Å²) < 4.78 is 18.9. The molecule has 1 aliphatic rings. The van der Waals surface area contributed by atoms with E-state index < -0.39 is 6.17 Å². The van der Waals surface area contributed by atoms with Gasteiger partial charge in [0, 0.05) is 28.4 Å². The summed E-state index contributed by atoms with van der Waals surface area (Å²) in [6.07, 6.45) is 7.85. The summed E-state index contributed by atoms with van der Waals surface area (Å²) in [7, 11) is 2.23. The van der Waals surface area contributed by atoms with Gasteiger partial charge in [0.2, 0.25) is 0 Å². The van der Waals surface area contributed by atoms with Crippen LogP contribution in [0.2, 0.25) is 0 Å².